The highest BCUT2D eigenvalue weighted by Crippen LogP contribution is 2.44. The van der Waals surface area contributed by atoms with E-state index >= 15 is 0 Å². The van der Waals surface area contributed by atoms with E-state index in [1.807, 2.05) is 38.1 Å². The molecule has 0 aromatic heterocycles. The third-order valence-corrected chi connectivity index (χ3v) is 6.08. The predicted octanol–water partition coefficient (Wildman–Crippen LogP) is 3.90. The summed E-state index contributed by atoms with van der Waals surface area (Å²) in [6, 6.07) is 7.99. The zero-order chi connectivity index (χ0) is 19.7. The van der Waals surface area contributed by atoms with E-state index in [4.69, 9.17) is 9.47 Å². The van der Waals surface area contributed by atoms with E-state index < -0.39 is 0 Å². The van der Waals surface area contributed by atoms with Crippen LogP contribution >= 0.6 is 0 Å². The number of fused-ring (bicyclic) bond motifs is 1. The number of aryl methyl sites for hydroxylation is 1. The second-order valence-corrected chi connectivity index (χ2v) is 7.97. The molecule has 2 aliphatic heterocycles. The van der Waals surface area contributed by atoms with Gasteiger partial charge >= 0.3 is 5.97 Å². The molecule has 0 amide bonds. The summed E-state index contributed by atoms with van der Waals surface area (Å²) in [5, 5.41) is 0. The van der Waals surface area contributed by atoms with Gasteiger partial charge in [-0.3, -0.25) is 9.79 Å². The van der Waals surface area contributed by atoms with Crippen LogP contribution in [0.2, 0.25) is 0 Å². The Bertz CT molecular complexity index is 848. The van der Waals surface area contributed by atoms with Crippen LogP contribution in [0.15, 0.2) is 40.5 Å². The molecule has 1 aromatic rings. The largest absolute Gasteiger partial charge is 0.460 e. The number of benzene rings is 1. The quantitative estimate of drug-likeness (QED) is 0.742. The number of carbonyl (C=O) groups is 2. The number of hydrogen-bond acceptors (Lipinski definition) is 5. The Balaban J connectivity index is 1.71. The minimum absolute atomic E-state index is 0.0271. The lowest BCUT2D eigenvalue weighted by molar-refractivity contribution is -0.142. The van der Waals surface area contributed by atoms with Gasteiger partial charge < -0.3 is 9.47 Å². The third-order valence-electron chi connectivity index (χ3n) is 6.08. The SMILES string of the molecule is CC1=C(C(=O)OC[C@@H]2CCCO2)[C@@H](c2ccccc2C)C2C(=O)CCCC2=N1. The van der Waals surface area contributed by atoms with Crippen molar-refractivity contribution < 1.29 is 19.1 Å². The highest BCUT2D eigenvalue weighted by Gasteiger charge is 2.44. The van der Waals surface area contributed by atoms with E-state index in [1.165, 1.54) is 0 Å². The average Bonchev–Trinajstić information content (AvgIpc) is 3.19. The van der Waals surface area contributed by atoms with E-state index in [2.05, 4.69) is 4.99 Å². The zero-order valence-electron chi connectivity index (χ0n) is 16.6. The fourth-order valence-corrected chi connectivity index (χ4v) is 4.68. The number of nitrogens with zero attached hydrogens (tertiary/aromatic N) is 1. The number of rotatable bonds is 4. The van der Waals surface area contributed by atoms with E-state index in [0.717, 1.165) is 49.1 Å². The monoisotopic (exact) mass is 381 g/mol. The lowest BCUT2D eigenvalue weighted by atomic mass is 9.69. The van der Waals surface area contributed by atoms with E-state index in [0.29, 0.717) is 17.7 Å². The Morgan fingerprint density at radius 2 is 2.00 bits per heavy atom. The van der Waals surface area contributed by atoms with Gasteiger partial charge in [-0.1, -0.05) is 24.3 Å². The van der Waals surface area contributed by atoms with Crippen molar-refractivity contribution in [3.63, 3.8) is 0 Å². The van der Waals surface area contributed by atoms with Crippen molar-refractivity contribution in [1.29, 1.82) is 0 Å². The molecular formula is C23H27NO4. The van der Waals surface area contributed by atoms with Crippen LogP contribution in [0.1, 0.15) is 56.1 Å². The molecule has 1 saturated carbocycles. The van der Waals surface area contributed by atoms with Crippen LogP contribution in [0.4, 0.5) is 0 Å². The molecule has 0 radical (unpaired) electrons. The number of carbonyl (C=O) groups excluding carboxylic acids is 2. The van der Waals surface area contributed by atoms with Crippen molar-refractivity contribution in [3.05, 3.63) is 46.7 Å². The van der Waals surface area contributed by atoms with Crippen molar-refractivity contribution in [3.8, 4) is 0 Å². The molecule has 0 spiro atoms. The van der Waals surface area contributed by atoms with Crippen LogP contribution in [0.5, 0.6) is 0 Å². The van der Waals surface area contributed by atoms with Gasteiger partial charge in [0.15, 0.2) is 0 Å². The zero-order valence-corrected chi connectivity index (χ0v) is 16.6. The van der Waals surface area contributed by atoms with Crippen LogP contribution in [0, 0.1) is 12.8 Å². The number of hydrogen-bond donors (Lipinski definition) is 0. The van der Waals surface area contributed by atoms with Crippen LogP contribution < -0.4 is 0 Å². The first kappa shape index (κ1) is 19.1. The molecule has 1 aromatic carbocycles. The van der Waals surface area contributed by atoms with E-state index in [1.54, 1.807) is 0 Å². The molecule has 4 rings (SSSR count). The van der Waals surface area contributed by atoms with Crippen molar-refractivity contribution >= 4 is 17.5 Å². The highest BCUT2D eigenvalue weighted by molar-refractivity contribution is 6.11. The molecule has 3 aliphatic rings. The second-order valence-electron chi connectivity index (χ2n) is 7.97. The van der Waals surface area contributed by atoms with Gasteiger partial charge in [-0.15, -0.1) is 0 Å². The number of ketones is 1. The number of esters is 1. The standard InChI is InChI=1S/C23H27NO4/c1-14-7-3-4-9-17(14)21-20(23(26)28-13-16-8-6-12-27-16)15(2)24-18-10-5-11-19(25)22(18)21/h3-4,7,9,16,21-22H,5-6,8,10-13H2,1-2H3/t16-,21+,22?/m0/s1. The Kier molecular flexibility index (Phi) is 5.44. The molecule has 5 nitrogen and oxygen atoms in total. The molecule has 148 valence electrons. The molecule has 5 heteroatoms. The highest BCUT2D eigenvalue weighted by atomic mass is 16.6. The Hall–Kier alpha value is -2.27. The average molecular weight is 381 g/mol. The first-order chi connectivity index (χ1) is 13.6. The Morgan fingerprint density at radius 1 is 1.18 bits per heavy atom. The molecule has 0 bridgehead atoms. The van der Waals surface area contributed by atoms with Crippen LogP contribution in [-0.2, 0) is 19.1 Å². The fraction of sp³-hybridized carbons (Fsp3) is 0.522. The van der Waals surface area contributed by atoms with Crippen LogP contribution in [-0.4, -0.2) is 36.8 Å². The van der Waals surface area contributed by atoms with Crippen LogP contribution in [0.3, 0.4) is 0 Å². The van der Waals surface area contributed by atoms with Gasteiger partial charge in [-0.05, 0) is 50.7 Å². The maximum absolute atomic E-state index is 13.1. The molecule has 28 heavy (non-hydrogen) atoms. The van der Waals surface area contributed by atoms with Crippen molar-refractivity contribution in [2.24, 2.45) is 10.9 Å². The summed E-state index contributed by atoms with van der Waals surface area (Å²) in [6.45, 7) is 4.86. The molecule has 1 aliphatic carbocycles. The number of ether oxygens (including phenoxy) is 2. The van der Waals surface area contributed by atoms with Gasteiger partial charge in [0.2, 0.25) is 0 Å². The first-order valence-corrected chi connectivity index (χ1v) is 10.2. The summed E-state index contributed by atoms with van der Waals surface area (Å²) in [7, 11) is 0. The van der Waals surface area contributed by atoms with Gasteiger partial charge in [0.05, 0.1) is 17.6 Å². The van der Waals surface area contributed by atoms with Gasteiger partial charge in [-0.25, -0.2) is 4.79 Å². The number of aliphatic imine (C=N–C) groups is 1. The van der Waals surface area contributed by atoms with Gasteiger partial charge in [0.25, 0.3) is 0 Å². The smallest absolute Gasteiger partial charge is 0.336 e. The van der Waals surface area contributed by atoms with Crippen molar-refractivity contribution in [2.75, 3.05) is 13.2 Å². The van der Waals surface area contributed by atoms with Gasteiger partial charge in [0.1, 0.15) is 12.4 Å². The minimum Gasteiger partial charge on any atom is -0.460 e. The Labute approximate surface area is 165 Å². The molecule has 2 heterocycles. The number of allylic oxidation sites excluding steroid dienone is 1. The molecule has 2 fully saturated rings. The number of Topliss-reactive ketones (excluding diaryl/α,β-unsaturated/α-hetero) is 1. The van der Waals surface area contributed by atoms with Crippen molar-refractivity contribution in [2.45, 2.75) is 58.0 Å². The normalized spacial score (nSPS) is 27.4. The lowest BCUT2D eigenvalue weighted by Crippen LogP contribution is -2.39. The molecule has 1 unspecified atom stereocenters. The topological polar surface area (TPSA) is 65.0 Å². The summed E-state index contributed by atoms with van der Waals surface area (Å²) in [5.74, 6) is -0.875. The summed E-state index contributed by atoms with van der Waals surface area (Å²) in [4.78, 5) is 30.7. The maximum Gasteiger partial charge on any atom is 0.336 e. The molecular weight excluding hydrogens is 354 g/mol. The first-order valence-electron chi connectivity index (χ1n) is 10.2. The molecule has 1 saturated heterocycles. The molecule has 0 N–H and O–H groups in total. The summed E-state index contributed by atoms with van der Waals surface area (Å²) in [6.07, 6.45) is 4.08. The van der Waals surface area contributed by atoms with E-state index in [-0.39, 0.29) is 36.3 Å². The summed E-state index contributed by atoms with van der Waals surface area (Å²) >= 11 is 0. The van der Waals surface area contributed by atoms with Gasteiger partial charge in [0, 0.05) is 30.4 Å². The third kappa shape index (κ3) is 3.55. The lowest BCUT2D eigenvalue weighted by Gasteiger charge is -2.36. The maximum atomic E-state index is 13.1. The Morgan fingerprint density at radius 3 is 2.75 bits per heavy atom. The molecule has 3 atom stereocenters. The van der Waals surface area contributed by atoms with Crippen molar-refractivity contribution in [1.82, 2.24) is 0 Å². The van der Waals surface area contributed by atoms with Gasteiger partial charge in [-0.2, -0.15) is 0 Å². The predicted molar refractivity (Wildman–Crippen MR) is 106 cm³/mol. The summed E-state index contributed by atoms with van der Waals surface area (Å²) in [5.41, 5.74) is 4.20. The minimum atomic E-state index is -0.373. The fourth-order valence-electron chi connectivity index (χ4n) is 4.68. The summed E-state index contributed by atoms with van der Waals surface area (Å²) < 4.78 is 11.2. The van der Waals surface area contributed by atoms with Crippen LogP contribution in [0.25, 0.3) is 0 Å². The second kappa shape index (κ2) is 8.00. The van der Waals surface area contributed by atoms with E-state index in [9.17, 15) is 9.59 Å².